The normalized spacial score (nSPS) is 11.6. The molecule has 2 aromatic carbocycles. The SMILES string of the molecule is Cc1cc(CBr)ccc1-c1noc(-c2ccc3c(c2)c(Cl)cn3C(C)C)n1. The molecule has 0 aliphatic carbocycles. The van der Waals surface area contributed by atoms with E-state index in [1.165, 1.54) is 5.56 Å². The third kappa shape index (κ3) is 3.30. The number of aryl methyl sites for hydroxylation is 1. The van der Waals surface area contributed by atoms with Gasteiger partial charge in [0.2, 0.25) is 5.82 Å². The van der Waals surface area contributed by atoms with Crippen LogP contribution < -0.4 is 0 Å². The highest BCUT2D eigenvalue weighted by Crippen LogP contribution is 2.33. The Balaban J connectivity index is 1.74. The zero-order valence-corrected chi connectivity index (χ0v) is 17.7. The van der Waals surface area contributed by atoms with E-state index >= 15 is 0 Å². The molecule has 4 nitrogen and oxygen atoms in total. The van der Waals surface area contributed by atoms with Crippen LogP contribution in [-0.2, 0) is 5.33 Å². The zero-order chi connectivity index (χ0) is 19.1. The van der Waals surface area contributed by atoms with Gasteiger partial charge in [0.25, 0.3) is 5.89 Å². The molecule has 2 heterocycles. The molecule has 0 saturated carbocycles. The van der Waals surface area contributed by atoms with Crippen LogP contribution in [0.4, 0.5) is 0 Å². The molecule has 0 atom stereocenters. The predicted molar refractivity (Wildman–Crippen MR) is 113 cm³/mol. The Labute approximate surface area is 171 Å². The van der Waals surface area contributed by atoms with Gasteiger partial charge in [-0.1, -0.05) is 50.9 Å². The van der Waals surface area contributed by atoms with Crippen molar-refractivity contribution in [3.05, 3.63) is 58.7 Å². The van der Waals surface area contributed by atoms with Crippen molar-refractivity contribution in [3.8, 4) is 22.8 Å². The molecular weight excluding hydrogens is 426 g/mol. The van der Waals surface area contributed by atoms with Crippen LogP contribution in [0.15, 0.2) is 47.1 Å². The van der Waals surface area contributed by atoms with Crippen LogP contribution in [0.5, 0.6) is 0 Å². The summed E-state index contributed by atoms with van der Waals surface area (Å²) >= 11 is 9.92. The van der Waals surface area contributed by atoms with Crippen LogP contribution >= 0.6 is 27.5 Å². The van der Waals surface area contributed by atoms with Crippen LogP contribution in [0.3, 0.4) is 0 Å². The first-order valence-corrected chi connectivity index (χ1v) is 10.3. The van der Waals surface area contributed by atoms with Crippen molar-refractivity contribution in [1.29, 1.82) is 0 Å². The topological polar surface area (TPSA) is 43.9 Å². The van der Waals surface area contributed by atoms with Gasteiger partial charge in [0.15, 0.2) is 0 Å². The summed E-state index contributed by atoms with van der Waals surface area (Å²) in [6, 6.07) is 12.6. The van der Waals surface area contributed by atoms with Crippen LogP contribution in [0.25, 0.3) is 33.7 Å². The van der Waals surface area contributed by atoms with Crippen LogP contribution in [0.2, 0.25) is 5.02 Å². The maximum atomic E-state index is 6.44. The molecule has 0 unspecified atom stereocenters. The van der Waals surface area contributed by atoms with Gasteiger partial charge < -0.3 is 9.09 Å². The molecule has 2 aromatic heterocycles. The molecule has 27 heavy (non-hydrogen) atoms. The monoisotopic (exact) mass is 443 g/mol. The van der Waals surface area contributed by atoms with Crippen molar-refractivity contribution in [1.82, 2.24) is 14.7 Å². The Morgan fingerprint density at radius 3 is 2.70 bits per heavy atom. The number of aromatic nitrogens is 3. The van der Waals surface area contributed by atoms with Gasteiger partial charge in [-0.3, -0.25) is 0 Å². The van der Waals surface area contributed by atoms with Crippen LogP contribution in [-0.4, -0.2) is 14.7 Å². The fourth-order valence-corrected chi connectivity index (χ4v) is 3.89. The quantitative estimate of drug-likeness (QED) is 0.325. The molecule has 0 radical (unpaired) electrons. The van der Waals surface area contributed by atoms with Crippen molar-refractivity contribution in [2.75, 3.05) is 0 Å². The summed E-state index contributed by atoms with van der Waals surface area (Å²) in [7, 11) is 0. The first-order chi connectivity index (χ1) is 13.0. The number of hydrogen-bond acceptors (Lipinski definition) is 3. The second-order valence-corrected chi connectivity index (χ2v) is 7.88. The van der Waals surface area contributed by atoms with Gasteiger partial charge in [-0.15, -0.1) is 0 Å². The van der Waals surface area contributed by atoms with Gasteiger partial charge in [0, 0.05) is 39.6 Å². The molecule has 0 bridgehead atoms. The van der Waals surface area contributed by atoms with Crippen molar-refractivity contribution in [2.45, 2.75) is 32.1 Å². The van der Waals surface area contributed by atoms with Gasteiger partial charge in [0.1, 0.15) is 0 Å². The average Bonchev–Trinajstić information content (AvgIpc) is 3.26. The zero-order valence-electron chi connectivity index (χ0n) is 15.3. The molecule has 0 fully saturated rings. The lowest BCUT2D eigenvalue weighted by atomic mass is 10.1. The second kappa shape index (κ2) is 7.13. The highest BCUT2D eigenvalue weighted by atomic mass is 79.9. The molecule has 0 N–H and O–H groups in total. The minimum atomic E-state index is 0.339. The second-order valence-electron chi connectivity index (χ2n) is 6.92. The summed E-state index contributed by atoms with van der Waals surface area (Å²) < 4.78 is 7.70. The number of fused-ring (bicyclic) bond motifs is 1. The molecule has 6 heteroatoms. The largest absolute Gasteiger partial charge is 0.343 e. The van der Waals surface area contributed by atoms with Gasteiger partial charge in [-0.05, 0) is 50.1 Å². The summed E-state index contributed by atoms with van der Waals surface area (Å²) in [5.74, 6) is 1.08. The number of hydrogen-bond donors (Lipinski definition) is 0. The van der Waals surface area contributed by atoms with Gasteiger partial charge in [-0.2, -0.15) is 4.98 Å². The van der Waals surface area contributed by atoms with Crippen molar-refractivity contribution in [3.63, 3.8) is 0 Å². The summed E-state index contributed by atoms with van der Waals surface area (Å²) in [6.07, 6.45) is 1.97. The van der Waals surface area contributed by atoms with E-state index < -0.39 is 0 Å². The Morgan fingerprint density at radius 1 is 1.19 bits per heavy atom. The van der Waals surface area contributed by atoms with E-state index in [4.69, 9.17) is 16.1 Å². The minimum Gasteiger partial charge on any atom is -0.343 e. The number of rotatable bonds is 4. The first kappa shape index (κ1) is 18.3. The van der Waals surface area contributed by atoms with E-state index in [1.54, 1.807) is 0 Å². The van der Waals surface area contributed by atoms with E-state index in [2.05, 4.69) is 69.6 Å². The maximum Gasteiger partial charge on any atom is 0.258 e. The van der Waals surface area contributed by atoms with Crippen molar-refractivity contribution < 1.29 is 4.52 Å². The number of benzene rings is 2. The van der Waals surface area contributed by atoms with Crippen molar-refractivity contribution >= 4 is 38.4 Å². The highest BCUT2D eigenvalue weighted by molar-refractivity contribution is 9.08. The third-order valence-electron chi connectivity index (χ3n) is 4.70. The summed E-state index contributed by atoms with van der Waals surface area (Å²) in [4.78, 5) is 4.61. The molecule has 0 spiro atoms. The molecule has 0 aliphatic rings. The van der Waals surface area contributed by atoms with Gasteiger partial charge in [0.05, 0.1) is 5.02 Å². The Hall–Kier alpha value is -2.11. The Bertz CT molecular complexity index is 1130. The standard InChI is InChI=1S/C21H19BrClN3O/c1-12(2)26-11-18(23)17-9-15(5-7-19(17)26)21-24-20(25-27-21)16-6-4-14(10-22)8-13(16)3/h4-9,11-12H,10H2,1-3H3. The minimum absolute atomic E-state index is 0.339. The maximum absolute atomic E-state index is 6.44. The van der Waals surface area contributed by atoms with Crippen molar-refractivity contribution in [2.24, 2.45) is 0 Å². The number of halogens is 2. The number of alkyl halides is 1. The first-order valence-electron chi connectivity index (χ1n) is 8.78. The molecule has 138 valence electrons. The third-order valence-corrected chi connectivity index (χ3v) is 5.65. The summed E-state index contributed by atoms with van der Waals surface area (Å²) in [5.41, 5.74) is 5.26. The van der Waals surface area contributed by atoms with E-state index in [1.807, 2.05) is 24.4 Å². The molecule has 0 aliphatic heterocycles. The lowest BCUT2D eigenvalue weighted by Crippen LogP contribution is -1.97. The fourth-order valence-electron chi connectivity index (χ4n) is 3.28. The van der Waals surface area contributed by atoms with E-state index in [9.17, 15) is 0 Å². The highest BCUT2D eigenvalue weighted by Gasteiger charge is 2.15. The summed E-state index contributed by atoms with van der Waals surface area (Å²) in [6.45, 7) is 6.33. The van der Waals surface area contributed by atoms with Gasteiger partial charge >= 0.3 is 0 Å². The summed E-state index contributed by atoms with van der Waals surface area (Å²) in [5, 5.41) is 6.71. The predicted octanol–water partition coefficient (Wildman–Crippen LogP) is 6.80. The van der Waals surface area contributed by atoms with E-state index in [0.717, 1.165) is 37.9 Å². The molecule has 0 amide bonds. The molecule has 4 aromatic rings. The van der Waals surface area contributed by atoms with Crippen LogP contribution in [0.1, 0.15) is 31.0 Å². The lowest BCUT2D eigenvalue weighted by Gasteiger charge is -2.08. The average molecular weight is 445 g/mol. The van der Waals surface area contributed by atoms with E-state index in [-0.39, 0.29) is 0 Å². The molecule has 4 rings (SSSR count). The molecular formula is C21H19BrClN3O. The molecule has 0 saturated heterocycles. The lowest BCUT2D eigenvalue weighted by molar-refractivity contribution is 0.432. The van der Waals surface area contributed by atoms with Gasteiger partial charge in [-0.25, -0.2) is 0 Å². The smallest absolute Gasteiger partial charge is 0.258 e. The fraction of sp³-hybridized carbons (Fsp3) is 0.238. The van der Waals surface area contributed by atoms with E-state index in [0.29, 0.717) is 17.8 Å². The van der Waals surface area contributed by atoms with Crippen LogP contribution in [0, 0.1) is 6.92 Å². The Kier molecular flexibility index (Phi) is 4.82. The number of nitrogens with zero attached hydrogens (tertiary/aromatic N) is 3. The Morgan fingerprint density at radius 2 is 2.00 bits per heavy atom.